The Morgan fingerprint density at radius 1 is 1.24 bits per heavy atom. The van der Waals surface area contributed by atoms with Crippen molar-refractivity contribution < 1.29 is 14.6 Å². The molecule has 7 nitrogen and oxygen atoms in total. The monoisotopic (exact) mass is 479 g/mol. The highest BCUT2D eigenvalue weighted by atomic mass is 35.5. The molecule has 34 heavy (non-hydrogen) atoms. The van der Waals surface area contributed by atoms with Crippen LogP contribution in [0.25, 0.3) is 10.9 Å². The lowest BCUT2D eigenvalue weighted by Crippen LogP contribution is -2.31. The van der Waals surface area contributed by atoms with Gasteiger partial charge >= 0.3 is 0 Å². The molecular weight excluding hydrogens is 454 g/mol. The zero-order valence-electron chi connectivity index (χ0n) is 18.9. The third-order valence-corrected chi connectivity index (χ3v) is 6.20. The van der Waals surface area contributed by atoms with E-state index in [2.05, 4.69) is 22.3 Å². The SMILES string of the molecule is Cn1nc(C(=O)NCc2ccc(Cl)cc2)c(=O)c2cc(CC3CCOCC3)cc(C#CCO)c21. The fourth-order valence-electron chi connectivity index (χ4n) is 4.24. The predicted molar refractivity (Wildman–Crippen MR) is 131 cm³/mol. The summed E-state index contributed by atoms with van der Waals surface area (Å²) in [6, 6.07) is 10.9. The summed E-state index contributed by atoms with van der Waals surface area (Å²) in [5.41, 5.74) is 2.36. The number of rotatable bonds is 5. The molecule has 0 atom stereocenters. The van der Waals surface area contributed by atoms with Crippen molar-refractivity contribution in [3.05, 3.63) is 74.0 Å². The maximum Gasteiger partial charge on any atom is 0.276 e. The van der Waals surface area contributed by atoms with Gasteiger partial charge in [0.15, 0.2) is 5.69 Å². The maximum absolute atomic E-state index is 13.4. The number of ether oxygens (including phenoxy) is 1. The van der Waals surface area contributed by atoms with Crippen molar-refractivity contribution in [3.8, 4) is 11.8 Å². The Morgan fingerprint density at radius 2 is 1.97 bits per heavy atom. The Labute approximate surface area is 202 Å². The molecule has 1 saturated heterocycles. The number of halogens is 1. The molecule has 0 spiro atoms. The summed E-state index contributed by atoms with van der Waals surface area (Å²) >= 11 is 5.91. The van der Waals surface area contributed by atoms with Crippen LogP contribution >= 0.6 is 11.6 Å². The summed E-state index contributed by atoms with van der Waals surface area (Å²) in [6.07, 6.45) is 2.71. The first-order chi connectivity index (χ1) is 16.5. The number of benzene rings is 2. The van der Waals surface area contributed by atoms with Gasteiger partial charge in [0.2, 0.25) is 5.43 Å². The largest absolute Gasteiger partial charge is 0.384 e. The Kier molecular flexibility index (Phi) is 7.63. The van der Waals surface area contributed by atoms with E-state index in [0.717, 1.165) is 43.6 Å². The molecule has 2 heterocycles. The highest BCUT2D eigenvalue weighted by Crippen LogP contribution is 2.24. The van der Waals surface area contributed by atoms with E-state index in [9.17, 15) is 14.7 Å². The average Bonchev–Trinajstić information content (AvgIpc) is 2.84. The van der Waals surface area contributed by atoms with Gasteiger partial charge in [-0.1, -0.05) is 35.6 Å². The molecule has 1 amide bonds. The molecule has 0 unspecified atom stereocenters. The van der Waals surface area contributed by atoms with Crippen LogP contribution in [0.2, 0.25) is 5.02 Å². The Bertz CT molecular complexity index is 1320. The second-order valence-electron chi connectivity index (χ2n) is 8.37. The van der Waals surface area contributed by atoms with Crippen molar-refractivity contribution in [3.63, 3.8) is 0 Å². The predicted octanol–water partition coefficient (Wildman–Crippen LogP) is 2.83. The highest BCUT2D eigenvalue weighted by Gasteiger charge is 2.20. The number of fused-ring (bicyclic) bond motifs is 1. The van der Waals surface area contributed by atoms with Gasteiger partial charge in [0, 0.05) is 31.8 Å². The summed E-state index contributed by atoms with van der Waals surface area (Å²) in [4.78, 5) is 26.2. The molecule has 0 bridgehead atoms. The van der Waals surface area contributed by atoms with Gasteiger partial charge in [-0.25, -0.2) is 0 Å². The van der Waals surface area contributed by atoms with Gasteiger partial charge in [0.25, 0.3) is 5.91 Å². The number of aromatic nitrogens is 2. The maximum atomic E-state index is 13.4. The van der Waals surface area contributed by atoms with E-state index in [1.807, 2.05) is 24.3 Å². The number of carbonyl (C=O) groups excluding carboxylic acids is 1. The number of aliphatic hydroxyl groups is 1. The molecule has 2 N–H and O–H groups in total. The molecule has 1 aliphatic heterocycles. The van der Waals surface area contributed by atoms with Crippen LogP contribution in [-0.4, -0.2) is 40.6 Å². The smallest absolute Gasteiger partial charge is 0.276 e. The standard InChI is InChI=1S/C26H26ClN3O4/c1-30-24-20(3-2-10-31)14-19(13-17-8-11-34-12-9-17)15-22(24)25(32)23(29-30)26(33)28-16-18-4-6-21(27)7-5-18/h4-7,14-15,17,31H,8-13,16H2,1H3,(H,28,33). The number of amides is 1. The number of hydrogen-bond donors (Lipinski definition) is 2. The molecule has 1 aromatic heterocycles. The van der Waals surface area contributed by atoms with Gasteiger partial charge < -0.3 is 15.2 Å². The minimum Gasteiger partial charge on any atom is -0.384 e. The third-order valence-electron chi connectivity index (χ3n) is 5.95. The molecular formula is C26H26ClN3O4. The van der Waals surface area contributed by atoms with Crippen LogP contribution in [0.4, 0.5) is 0 Å². The number of aryl methyl sites for hydroxylation is 1. The molecule has 1 aliphatic rings. The van der Waals surface area contributed by atoms with E-state index in [4.69, 9.17) is 16.3 Å². The Balaban J connectivity index is 1.70. The van der Waals surface area contributed by atoms with Crippen LogP contribution in [0.5, 0.6) is 0 Å². The Hall–Kier alpha value is -3.18. The van der Waals surface area contributed by atoms with Gasteiger partial charge in [-0.3, -0.25) is 14.3 Å². The van der Waals surface area contributed by atoms with Gasteiger partial charge in [-0.15, -0.1) is 0 Å². The van der Waals surface area contributed by atoms with E-state index >= 15 is 0 Å². The quantitative estimate of drug-likeness (QED) is 0.549. The zero-order valence-corrected chi connectivity index (χ0v) is 19.7. The van der Waals surface area contributed by atoms with Crippen LogP contribution in [0.15, 0.2) is 41.2 Å². The molecule has 0 radical (unpaired) electrons. The lowest BCUT2D eigenvalue weighted by atomic mass is 9.91. The van der Waals surface area contributed by atoms with Crippen LogP contribution in [0.1, 0.15) is 40.0 Å². The summed E-state index contributed by atoms with van der Waals surface area (Å²) in [5.74, 6) is 5.53. The molecule has 0 aliphatic carbocycles. The zero-order chi connectivity index (χ0) is 24.1. The number of carbonyl (C=O) groups is 1. The van der Waals surface area contributed by atoms with Crippen LogP contribution in [0.3, 0.4) is 0 Å². The summed E-state index contributed by atoms with van der Waals surface area (Å²) in [5, 5.41) is 17.2. The molecule has 3 aromatic rings. The number of nitrogens with zero attached hydrogens (tertiary/aromatic N) is 2. The first-order valence-corrected chi connectivity index (χ1v) is 11.6. The lowest BCUT2D eigenvalue weighted by molar-refractivity contribution is 0.0665. The van der Waals surface area contributed by atoms with Gasteiger partial charge in [-0.2, -0.15) is 5.10 Å². The summed E-state index contributed by atoms with van der Waals surface area (Å²) in [6.45, 7) is 1.42. The van der Waals surface area contributed by atoms with Crippen molar-refractivity contribution in [1.82, 2.24) is 15.1 Å². The first-order valence-electron chi connectivity index (χ1n) is 11.2. The highest BCUT2D eigenvalue weighted by molar-refractivity contribution is 6.30. The molecule has 1 fully saturated rings. The van der Waals surface area contributed by atoms with Crippen LogP contribution in [-0.2, 0) is 24.8 Å². The number of aliphatic hydroxyl groups excluding tert-OH is 1. The fraction of sp³-hybridized carbons (Fsp3) is 0.346. The van der Waals surface area contributed by atoms with Gasteiger partial charge in [0.1, 0.15) is 6.61 Å². The van der Waals surface area contributed by atoms with Crippen LogP contribution < -0.4 is 10.7 Å². The van der Waals surface area contributed by atoms with E-state index in [0.29, 0.717) is 27.4 Å². The second kappa shape index (κ2) is 10.8. The van der Waals surface area contributed by atoms with E-state index in [1.54, 1.807) is 19.2 Å². The minimum atomic E-state index is -0.546. The third kappa shape index (κ3) is 5.48. The first kappa shape index (κ1) is 24.0. The molecule has 0 saturated carbocycles. The van der Waals surface area contributed by atoms with Crippen molar-refractivity contribution in [2.24, 2.45) is 13.0 Å². The lowest BCUT2D eigenvalue weighted by Gasteiger charge is -2.22. The molecule has 8 heteroatoms. The summed E-state index contributed by atoms with van der Waals surface area (Å²) < 4.78 is 6.97. The normalized spacial score (nSPS) is 14.0. The Morgan fingerprint density at radius 3 is 2.68 bits per heavy atom. The molecule has 176 valence electrons. The number of hydrogen-bond acceptors (Lipinski definition) is 5. The summed E-state index contributed by atoms with van der Waals surface area (Å²) in [7, 11) is 1.68. The number of nitrogens with one attached hydrogen (secondary N) is 1. The molecule has 4 rings (SSSR count). The van der Waals surface area contributed by atoms with E-state index in [-0.39, 0.29) is 18.8 Å². The minimum absolute atomic E-state index is 0.173. The van der Waals surface area contributed by atoms with Crippen LogP contribution in [0, 0.1) is 17.8 Å². The second-order valence-corrected chi connectivity index (χ2v) is 8.81. The van der Waals surface area contributed by atoms with Crippen molar-refractivity contribution >= 4 is 28.4 Å². The van der Waals surface area contributed by atoms with E-state index < -0.39 is 11.3 Å². The van der Waals surface area contributed by atoms with Crippen molar-refractivity contribution in [2.75, 3.05) is 19.8 Å². The van der Waals surface area contributed by atoms with Crippen molar-refractivity contribution in [1.29, 1.82) is 0 Å². The average molecular weight is 480 g/mol. The topological polar surface area (TPSA) is 93.5 Å². The van der Waals surface area contributed by atoms with E-state index in [1.165, 1.54) is 4.68 Å². The molecule has 2 aromatic carbocycles. The van der Waals surface area contributed by atoms with Gasteiger partial charge in [0.05, 0.1) is 16.5 Å². The van der Waals surface area contributed by atoms with Gasteiger partial charge in [-0.05, 0) is 60.6 Å². The van der Waals surface area contributed by atoms with Crippen molar-refractivity contribution in [2.45, 2.75) is 25.8 Å². The fourth-order valence-corrected chi connectivity index (χ4v) is 4.36.